The highest BCUT2D eigenvalue weighted by molar-refractivity contribution is 5.96. The lowest BCUT2D eigenvalue weighted by molar-refractivity contribution is -0.383. The van der Waals surface area contributed by atoms with E-state index in [0.717, 1.165) is 4.40 Å². The van der Waals surface area contributed by atoms with Crippen LogP contribution in [0.4, 0.5) is 5.69 Å². The molecule has 9 heteroatoms. The summed E-state index contributed by atoms with van der Waals surface area (Å²) < 4.78 is 0.784. The molecule has 2 heterocycles. The summed E-state index contributed by atoms with van der Waals surface area (Å²) in [6, 6.07) is 4.26. The number of aromatic nitrogens is 4. The lowest BCUT2D eigenvalue weighted by Gasteiger charge is -1.99. The maximum absolute atomic E-state index is 11.7. The van der Waals surface area contributed by atoms with E-state index in [-0.39, 0.29) is 16.9 Å². The second kappa shape index (κ2) is 3.26. The van der Waals surface area contributed by atoms with Crippen molar-refractivity contribution in [1.82, 2.24) is 19.6 Å². The van der Waals surface area contributed by atoms with Crippen molar-refractivity contribution in [1.29, 1.82) is 0 Å². The number of hydrogen-bond donors (Lipinski definition) is 2. The van der Waals surface area contributed by atoms with Crippen molar-refractivity contribution >= 4 is 22.2 Å². The maximum atomic E-state index is 11.7. The van der Waals surface area contributed by atoms with E-state index < -0.39 is 16.3 Å². The molecule has 0 fully saturated rings. The van der Waals surface area contributed by atoms with Crippen molar-refractivity contribution in [3.63, 3.8) is 0 Å². The number of rotatable bonds is 1. The molecule has 9 nitrogen and oxygen atoms in total. The van der Waals surface area contributed by atoms with Gasteiger partial charge in [-0.05, 0) is 6.07 Å². The Kier molecular flexibility index (Phi) is 1.85. The highest BCUT2D eigenvalue weighted by Crippen LogP contribution is 2.23. The predicted molar refractivity (Wildman–Crippen MR) is 60.6 cm³/mol. The monoisotopic (exact) mass is 247 g/mol. The van der Waals surface area contributed by atoms with Crippen LogP contribution in [0, 0.1) is 10.1 Å². The Morgan fingerprint density at radius 2 is 2.06 bits per heavy atom. The topological polar surface area (TPSA) is 126 Å². The lowest BCUT2D eigenvalue weighted by Crippen LogP contribution is -2.26. The minimum absolute atomic E-state index is 0.0407. The van der Waals surface area contributed by atoms with Gasteiger partial charge in [-0.3, -0.25) is 10.1 Å². The molecule has 0 unspecified atom stereocenters. The van der Waals surface area contributed by atoms with E-state index in [1.54, 1.807) is 0 Å². The summed E-state index contributed by atoms with van der Waals surface area (Å²) in [5.74, 6) is 0. The summed E-state index contributed by atoms with van der Waals surface area (Å²) in [7, 11) is 0. The Morgan fingerprint density at radius 1 is 1.28 bits per heavy atom. The lowest BCUT2D eigenvalue weighted by atomic mass is 10.2. The minimum atomic E-state index is -0.773. The second-order valence-electron chi connectivity index (χ2n) is 3.57. The number of benzene rings is 1. The Balaban J connectivity index is 2.67. The van der Waals surface area contributed by atoms with Crippen LogP contribution in [-0.4, -0.2) is 24.5 Å². The van der Waals surface area contributed by atoms with Crippen LogP contribution in [0.3, 0.4) is 0 Å². The van der Waals surface area contributed by atoms with Crippen molar-refractivity contribution in [3.8, 4) is 0 Å². The summed E-state index contributed by atoms with van der Waals surface area (Å²) >= 11 is 0. The highest BCUT2D eigenvalue weighted by atomic mass is 16.6. The number of non-ortho nitro benzene ring substituents is 1. The number of H-pyrrole nitrogens is 2. The third-order valence-electron chi connectivity index (χ3n) is 2.59. The Hall–Kier alpha value is -2.97. The minimum Gasteiger partial charge on any atom is -0.300 e. The average molecular weight is 247 g/mol. The fourth-order valence-electron chi connectivity index (χ4n) is 1.84. The molecule has 18 heavy (non-hydrogen) atoms. The van der Waals surface area contributed by atoms with Gasteiger partial charge in [0.05, 0.1) is 10.3 Å². The van der Waals surface area contributed by atoms with Gasteiger partial charge in [0, 0.05) is 6.07 Å². The van der Waals surface area contributed by atoms with Crippen LogP contribution < -0.4 is 11.4 Å². The van der Waals surface area contributed by atoms with Gasteiger partial charge in [0.25, 0.3) is 5.69 Å². The maximum Gasteiger partial charge on any atom is 0.351 e. The van der Waals surface area contributed by atoms with Gasteiger partial charge in [-0.15, -0.1) is 0 Å². The van der Waals surface area contributed by atoms with E-state index in [1.807, 2.05) is 0 Å². The highest BCUT2D eigenvalue weighted by Gasteiger charge is 2.17. The molecular weight excluding hydrogens is 242 g/mol. The molecule has 3 rings (SSSR count). The average Bonchev–Trinajstić information content (AvgIpc) is 2.72. The molecule has 0 aliphatic carbocycles. The van der Waals surface area contributed by atoms with E-state index in [2.05, 4.69) is 15.2 Å². The molecule has 0 aliphatic heterocycles. The van der Waals surface area contributed by atoms with Crippen LogP contribution in [-0.2, 0) is 0 Å². The second-order valence-corrected chi connectivity index (χ2v) is 3.57. The largest absolute Gasteiger partial charge is 0.351 e. The molecule has 0 amide bonds. The van der Waals surface area contributed by atoms with Crippen LogP contribution in [0.15, 0.2) is 27.8 Å². The molecule has 3 aromatic rings. The third kappa shape index (κ3) is 1.18. The van der Waals surface area contributed by atoms with Crippen LogP contribution in [0.25, 0.3) is 16.6 Å². The SMILES string of the molecule is O=c1[nH]nc2c3cccc([N+](=O)[O-])c3[nH]c(=O)n12. The number of nitro groups is 1. The number of aromatic amines is 2. The summed E-state index contributed by atoms with van der Waals surface area (Å²) in [6.45, 7) is 0. The first-order valence-corrected chi connectivity index (χ1v) is 4.86. The van der Waals surface area contributed by atoms with Crippen molar-refractivity contribution < 1.29 is 4.92 Å². The number of nitro benzene ring substituents is 1. The zero-order valence-electron chi connectivity index (χ0n) is 8.71. The van der Waals surface area contributed by atoms with Gasteiger partial charge in [-0.25, -0.2) is 14.7 Å². The molecule has 0 aliphatic rings. The van der Waals surface area contributed by atoms with Gasteiger partial charge >= 0.3 is 11.4 Å². The van der Waals surface area contributed by atoms with E-state index in [1.165, 1.54) is 18.2 Å². The number of fused-ring (bicyclic) bond motifs is 3. The van der Waals surface area contributed by atoms with Crippen LogP contribution >= 0.6 is 0 Å². The molecule has 0 bridgehead atoms. The first-order chi connectivity index (χ1) is 8.59. The molecule has 0 atom stereocenters. The molecule has 2 N–H and O–H groups in total. The Labute approximate surface area is 96.8 Å². The van der Waals surface area contributed by atoms with Crippen molar-refractivity contribution in [2.75, 3.05) is 0 Å². The summed E-state index contributed by atoms with van der Waals surface area (Å²) in [5, 5.41) is 17.0. The molecule has 0 saturated heterocycles. The first-order valence-electron chi connectivity index (χ1n) is 4.86. The van der Waals surface area contributed by atoms with Gasteiger partial charge in [-0.1, -0.05) is 6.07 Å². The van der Waals surface area contributed by atoms with Gasteiger partial charge in [0.1, 0.15) is 5.52 Å². The molecule has 90 valence electrons. The zero-order chi connectivity index (χ0) is 12.9. The standard InChI is InChI=1S/C9H5N5O4/c15-8-10-6-4(2-1-3-5(6)14(17)18)7-11-12-9(16)13(7)8/h1-3H,(H,10,15)(H,12,16). The van der Waals surface area contributed by atoms with E-state index in [0.29, 0.717) is 5.39 Å². The summed E-state index contributed by atoms with van der Waals surface area (Å²) in [5.41, 5.74) is -1.62. The number of para-hydroxylation sites is 1. The van der Waals surface area contributed by atoms with Gasteiger partial charge in [0.2, 0.25) is 0 Å². The van der Waals surface area contributed by atoms with E-state index in [4.69, 9.17) is 0 Å². The summed E-state index contributed by atoms with van der Waals surface area (Å²) in [6.07, 6.45) is 0. The van der Waals surface area contributed by atoms with E-state index in [9.17, 15) is 19.7 Å². The van der Waals surface area contributed by atoms with Crippen molar-refractivity contribution in [3.05, 3.63) is 49.3 Å². The molecule has 1 aromatic carbocycles. The first kappa shape index (κ1) is 10.2. The molecule has 0 saturated carbocycles. The zero-order valence-corrected chi connectivity index (χ0v) is 8.71. The van der Waals surface area contributed by atoms with Crippen molar-refractivity contribution in [2.24, 2.45) is 0 Å². The van der Waals surface area contributed by atoms with Crippen LogP contribution in [0.1, 0.15) is 0 Å². The smallest absolute Gasteiger partial charge is 0.300 e. The van der Waals surface area contributed by atoms with E-state index >= 15 is 0 Å². The quantitative estimate of drug-likeness (QED) is 0.453. The fourth-order valence-corrected chi connectivity index (χ4v) is 1.84. The fraction of sp³-hybridized carbons (Fsp3) is 0. The number of nitrogens with zero attached hydrogens (tertiary/aromatic N) is 3. The van der Waals surface area contributed by atoms with Gasteiger partial charge in [0.15, 0.2) is 5.65 Å². The number of hydrogen-bond acceptors (Lipinski definition) is 5. The normalized spacial score (nSPS) is 11.1. The molecule has 0 radical (unpaired) electrons. The number of nitrogens with one attached hydrogen (secondary N) is 2. The van der Waals surface area contributed by atoms with Crippen molar-refractivity contribution in [2.45, 2.75) is 0 Å². The van der Waals surface area contributed by atoms with Crippen LogP contribution in [0.5, 0.6) is 0 Å². The predicted octanol–water partition coefficient (Wildman–Crippen LogP) is -0.228. The molecular formula is C9H5N5O4. The van der Waals surface area contributed by atoms with Gasteiger partial charge < -0.3 is 4.98 Å². The van der Waals surface area contributed by atoms with Gasteiger partial charge in [-0.2, -0.15) is 9.50 Å². The summed E-state index contributed by atoms with van der Waals surface area (Å²) in [4.78, 5) is 35.6. The third-order valence-corrected chi connectivity index (χ3v) is 2.59. The molecule has 2 aromatic heterocycles. The Bertz CT molecular complexity index is 903. The van der Waals surface area contributed by atoms with Crippen LogP contribution in [0.2, 0.25) is 0 Å². The molecule has 0 spiro atoms. The Morgan fingerprint density at radius 3 is 2.78 bits per heavy atom.